The lowest BCUT2D eigenvalue weighted by Crippen LogP contribution is -2.28. The van der Waals surface area contributed by atoms with E-state index in [-0.39, 0.29) is 15.7 Å². The van der Waals surface area contributed by atoms with Crippen molar-refractivity contribution in [1.82, 2.24) is 0 Å². The summed E-state index contributed by atoms with van der Waals surface area (Å²) in [6.45, 7) is 4.94. The Kier molecular flexibility index (Phi) is 6.81. The van der Waals surface area contributed by atoms with Gasteiger partial charge >= 0.3 is 0 Å². The van der Waals surface area contributed by atoms with Gasteiger partial charge in [0.15, 0.2) is 5.79 Å². The fourth-order valence-corrected chi connectivity index (χ4v) is 5.42. The van der Waals surface area contributed by atoms with Crippen LogP contribution in [0.1, 0.15) is 19.4 Å². The first kappa shape index (κ1) is 22.4. The molecule has 0 bridgehead atoms. The predicted molar refractivity (Wildman–Crippen MR) is 105 cm³/mol. The number of hydrogen-bond acceptors (Lipinski definition) is 8. The van der Waals surface area contributed by atoms with Gasteiger partial charge in [-0.15, -0.1) is 11.8 Å². The molecule has 0 aromatic heterocycles. The molecule has 2 rings (SSSR count). The standard InChI is InChI=1S/C17H24O7S3/c1-12-6-8-13(9-7-12)27(20,21)16(25-4)10-14-15(11-22-26(5,18)19)24-17(2,3)23-14/h6-10,14-15H,11H2,1-5H3/b16-10+/t14-,15+/m1/s1. The number of aryl methyl sites for hydroxylation is 1. The minimum atomic E-state index is -3.73. The molecular weight excluding hydrogens is 412 g/mol. The molecular formula is C17H24O7S3. The van der Waals surface area contributed by atoms with Crippen LogP contribution in [0, 0.1) is 6.92 Å². The molecule has 0 saturated carbocycles. The molecule has 1 aliphatic rings. The maximum Gasteiger partial charge on any atom is 0.264 e. The highest BCUT2D eigenvalue weighted by Gasteiger charge is 2.41. The second kappa shape index (κ2) is 8.22. The van der Waals surface area contributed by atoms with E-state index >= 15 is 0 Å². The summed E-state index contributed by atoms with van der Waals surface area (Å²) in [5.74, 6) is -0.996. The van der Waals surface area contributed by atoms with Gasteiger partial charge in [0.25, 0.3) is 10.1 Å². The second-order valence-corrected chi connectivity index (χ2v) is 11.3. The number of sulfone groups is 1. The van der Waals surface area contributed by atoms with E-state index in [1.165, 1.54) is 6.08 Å². The number of hydrogen-bond donors (Lipinski definition) is 0. The quantitative estimate of drug-likeness (QED) is 0.602. The van der Waals surface area contributed by atoms with Crippen LogP contribution in [0.25, 0.3) is 0 Å². The molecule has 0 N–H and O–H groups in total. The monoisotopic (exact) mass is 436 g/mol. The van der Waals surface area contributed by atoms with E-state index in [4.69, 9.17) is 13.7 Å². The van der Waals surface area contributed by atoms with Crippen molar-refractivity contribution in [2.75, 3.05) is 19.1 Å². The summed E-state index contributed by atoms with van der Waals surface area (Å²) in [6, 6.07) is 6.56. The van der Waals surface area contributed by atoms with Gasteiger partial charge in [0.05, 0.1) is 17.8 Å². The number of thioether (sulfide) groups is 1. The highest BCUT2D eigenvalue weighted by Crippen LogP contribution is 2.34. The van der Waals surface area contributed by atoms with Crippen LogP contribution in [0.5, 0.6) is 0 Å². The summed E-state index contributed by atoms with van der Waals surface area (Å²) in [5, 5.41) is 0. The molecule has 1 aromatic rings. The Morgan fingerprint density at radius 1 is 1.19 bits per heavy atom. The van der Waals surface area contributed by atoms with Gasteiger partial charge in [0.1, 0.15) is 16.4 Å². The minimum Gasteiger partial charge on any atom is -0.342 e. The van der Waals surface area contributed by atoms with E-state index in [2.05, 4.69) is 0 Å². The molecule has 27 heavy (non-hydrogen) atoms. The van der Waals surface area contributed by atoms with E-state index in [0.29, 0.717) is 0 Å². The third-order valence-electron chi connectivity index (χ3n) is 3.77. The van der Waals surface area contributed by atoms with Crippen molar-refractivity contribution >= 4 is 31.7 Å². The third kappa shape index (κ3) is 6.03. The maximum absolute atomic E-state index is 12.9. The van der Waals surface area contributed by atoms with Crippen molar-refractivity contribution < 1.29 is 30.5 Å². The smallest absolute Gasteiger partial charge is 0.264 e. The van der Waals surface area contributed by atoms with Crippen LogP contribution >= 0.6 is 11.8 Å². The molecule has 1 aliphatic heterocycles. The summed E-state index contributed by atoms with van der Waals surface area (Å²) in [4.78, 5) is 0.177. The van der Waals surface area contributed by atoms with Crippen molar-refractivity contribution in [1.29, 1.82) is 0 Å². The summed E-state index contributed by atoms with van der Waals surface area (Å²) < 4.78 is 64.8. The van der Waals surface area contributed by atoms with Crippen LogP contribution in [-0.4, -0.2) is 53.9 Å². The SMILES string of the molecule is CS/C(=C\[C@H]1OC(C)(C)O[C@H]1COS(C)(=O)=O)S(=O)(=O)c1ccc(C)cc1. The molecule has 1 saturated heterocycles. The van der Waals surface area contributed by atoms with Crippen molar-refractivity contribution in [2.45, 2.75) is 43.7 Å². The Balaban J connectivity index is 2.34. The van der Waals surface area contributed by atoms with Gasteiger partial charge in [-0.1, -0.05) is 17.7 Å². The average molecular weight is 437 g/mol. The molecule has 7 nitrogen and oxygen atoms in total. The summed E-state index contributed by atoms with van der Waals surface area (Å²) in [7, 11) is -7.39. The van der Waals surface area contributed by atoms with Crippen LogP contribution < -0.4 is 0 Å². The van der Waals surface area contributed by atoms with Gasteiger partial charge in [-0.05, 0) is 45.2 Å². The molecule has 0 spiro atoms. The topological polar surface area (TPSA) is 96.0 Å². The molecule has 1 aromatic carbocycles. The molecule has 2 atom stereocenters. The molecule has 0 amide bonds. The van der Waals surface area contributed by atoms with Crippen LogP contribution in [0.3, 0.4) is 0 Å². The Morgan fingerprint density at radius 3 is 2.30 bits per heavy atom. The lowest BCUT2D eigenvalue weighted by Gasteiger charge is -2.16. The largest absolute Gasteiger partial charge is 0.342 e. The first-order valence-electron chi connectivity index (χ1n) is 8.12. The van der Waals surface area contributed by atoms with Crippen LogP contribution in [-0.2, 0) is 33.6 Å². The Morgan fingerprint density at radius 2 is 1.78 bits per heavy atom. The summed E-state index contributed by atoms with van der Waals surface area (Å²) in [6.07, 6.45) is 2.51. The van der Waals surface area contributed by atoms with Gasteiger partial charge in [-0.3, -0.25) is 4.18 Å². The Hall–Kier alpha value is -0.910. The lowest BCUT2D eigenvalue weighted by atomic mass is 10.2. The first-order chi connectivity index (χ1) is 12.3. The Bertz CT molecular complexity index is 900. The van der Waals surface area contributed by atoms with E-state index < -0.39 is 38.0 Å². The van der Waals surface area contributed by atoms with Crippen molar-refractivity contribution in [3.63, 3.8) is 0 Å². The van der Waals surface area contributed by atoms with Crippen LogP contribution in [0.4, 0.5) is 0 Å². The molecule has 0 unspecified atom stereocenters. The van der Waals surface area contributed by atoms with E-state index in [1.807, 2.05) is 6.92 Å². The van der Waals surface area contributed by atoms with E-state index in [1.54, 1.807) is 44.4 Å². The van der Waals surface area contributed by atoms with Crippen molar-refractivity contribution in [3.8, 4) is 0 Å². The zero-order valence-electron chi connectivity index (χ0n) is 15.8. The molecule has 1 fully saturated rings. The molecule has 1 heterocycles. The minimum absolute atomic E-state index is 0.0991. The van der Waals surface area contributed by atoms with Gasteiger partial charge in [-0.2, -0.15) is 8.42 Å². The van der Waals surface area contributed by atoms with Crippen LogP contribution in [0.15, 0.2) is 39.5 Å². The van der Waals surface area contributed by atoms with Gasteiger partial charge < -0.3 is 9.47 Å². The van der Waals surface area contributed by atoms with Gasteiger partial charge in [0.2, 0.25) is 9.84 Å². The van der Waals surface area contributed by atoms with Crippen molar-refractivity contribution in [2.24, 2.45) is 0 Å². The first-order valence-corrected chi connectivity index (χ1v) is 12.6. The highest BCUT2D eigenvalue weighted by molar-refractivity contribution is 8.18. The third-order valence-corrected chi connectivity index (χ3v) is 7.59. The van der Waals surface area contributed by atoms with E-state index in [0.717, 1.165) is 23.6 Å². The zero-order valence-corrected chi connectivity index (χ0v) is 18.3. The maximum atomic E-state index is 12.9. The fourth-order valence-electron chi connectivity index (χ4n) is 2.56. The zero-order chi connectivity index (χ0) is 20.5. The van der Waals surface area contributed by atoms with Gasteiger partial charge in [0, 0.05) is 0 Å². The predicted octanol–water partition coefficient (Wildman–Crippen LogP) is 2.47. The van der Waals surface area contributed by atoms with Crippen LogP contribution in [0.2, 0.25) is 0 Å². The lowest BCUT2D eigenvalue weighted by molar-refractivity contribution is -0.145. The van der Waals surface area contributed by atoms with Crippen molar-refractivity contribution in [3.05, 3.63) is 40.1 Å². The summed E-state index contributed by atoms with van der Waals surface area (Å²) >= 11 is 1.07. The Labute approximate surface area is 165 Å². The molecule has 0 aliphatic carbocycles. The molecule has 152 valence electrons. The fraction of sp³-hybridized carbons (Fsp3) is 0.529. The van der Waals surface area contributed by atoms with Gasteiger partial charge in [-0.25, -0.2) is 8.42 Å². The number of ether oxygens (including phenoxy) is 2. The van der Waals surface area contributed by atoms with E-state index in [9.17, 15) is 16.8 Å². The highest BCUT2D eigenvalue weighted by atomic mass is 32.3. The normalized spacial score (nSPS) is 23.5. The number of benzene rings is 1. The average Bonchev–Trinajstić information content (AvgIpc) is 2.84. The number of rotatable bonds is 7. The summed E-state index contributed by atoms with van der Waals surface area (Å²) in [5.41, 5.74) is 0.955. The molecule has 10 heteroatoms. The second-order valence-electron chi connectivity index (χ2n) is 6.63. The molecule has 0 radical (unpaired) electrons.